The Labute approximate surface area is 167 Å². The summed E-state index contributed by atoms with van der Waals surface area (Å²) in [5.74, 6) is 1.26. The standard InChI is InChI=1S/C24H27O3P/c1-16-7-17(2)10-22(9-16)28(25,23-11-18(3)8-19(4)12-23)24-14-20(26-5)13-21(15-24)27-6/h7-15H,1-6H3. The zero-order chi connectivity index (χ0) is 20.5. The highest BCUT2D eigenvalue weighted by Gasteiger charge is 2.31. The molecule has 0 amide bonds. The first-order valence-electron chi connectivity index (χ1n) is 9.27. The molecular formula is C24H27O3P. The Hall–Kier alpha value is -2.51. The lowest BCUT2D eigenvalue weighted by atomic mass is 10.2. The second-order valence-corrected chi connectivity index (χ2v) is 10.1. The summed E-state index contributed by atoms with van der Waals surface area (Å²) >= 11 is 0. The maximum atomic E-state index is 14.9. The van der Waals surface area contributed by atoms with Gasteiger partial charge in [-0.25, -0.2) is 0 Å². The molecule has 3 nitrogen and oxygen atoms in total. The Balaban J connectivity index is 2.40. The molecule has 0 saturated heterocycles. The van der Waals surface area contributed by atoms with Crippen LogP contribution in [0.15, 0.2) is 54.6 Å². The third-order valence-corrected chi connectivity index (χ3v) is 7.80. The Morgan fingerprint density at radius 3 is 1.18 bits per heavy atom. The van der Waals surface area contributed by atoms with Crippen LogP contribution >= 0.6 is 7.14 Å². The molecule has 0 heterocycles. The molecule has 146 valence electrons. The van der Waals surface area contributed by atoms with Crippen LogP contribution in [-0.4, -0.2) is 14.2 Å². The van der Waals surface area contributed by atoms with Crippen LogP contribution in [0, 0.1) is 27.7 Å². The van der Waals surface area contributed by atoms with E-state index < -0.39 is 7.14 Å². The average Bonchev–Trinajstić information content (AvgIpc) is 2.65. The predicted molar refractivity (Wildman–Crippen MR) is 118 cm³/mol. The number of aryl methyl sites for hydroxylation is 4. The Morgan fingerprint density at radius 2 is 0.857 bits per heavy atom. The molecule has 0 atom stereocenters. The second kappa shape index (κ2) is 7.85. The van der Waals surface area contributed by atoms with Crippen molar-refractivity contribution < 1.29 is 14.0 Å². The van der Waals surface area contributed by atoms with E-state index in [9.17, 15) is 4.57 Å². The third kappa shape index (κ3) is 3.86. The van der Waals surface area contributed by atoms with Gasteiger partial charge in [0.15, 0.2) is 7.14 Å². The monoisotopic (exact) mass is 394 g/mol. The highest BCUT2D eigenvalue weighted by Crippen LogP contribution is 2.44. The molecule has 3 rings (SSSR count). The SMILES string of the molecule is COc1cc(OC)cc(P(=O)(c2cc(C)cc(C)c2)c2cc(C)cc(C)c2)c1. The third-order valence-electron chi connectivity index (χ3n) is 4.84. The van der Waals surface area contributed by atoms with Crippen molar-refractivity contribution in [2.45, 2.75) is 27.7 Å². The Kier molecular flexibility index (Phi) is 5.67. The molecule has 0 aliphatic rings. The molecule has 0 fully saturated rings. The smallest absolute Gasteiger partial charge is 0.171 e. The van der Waals surface area contributed by atoms with Crippen LogP contribution in [0.1, 0.15) is 22.3 Å². The topological polar surface area (TPSA) is 35.5 Å². The highest BCUT2D eigenvalue weighted by atomic mass is 31.2. The molecule has 28 heavy (non-hydrogen) atoms. The first-order chi connectivity index (χ1) is 13.3. The van der Waals surface area contributed by atoms with Crippen LogP contribution in [0.3, 0.4) is 0 Å². The maximum Gasteiger partial charge on any atom is 0.171 e. The van der Waals surface area contributed by atoms with Crippen molar-refractivity contribution in [2.75, 3.05) is 14.2 Å². The van der Waals surface area contributed by atoms with Gasteiger partial charge in [-0.3, -0.25) is 0 Å². The van der Waals surface area contributed by atoms with Gasteiger partial charge in [0.25, 0.3) is 0 Å². The van der Waals surface area contributed by atoms with Crippen LogP contribution in [0.4, 0.5) is 0 Å². The second-order valence-electron chi connectivity index (χ2n) is 7.37. The van der Waals surface area contributed by atoms with Crippen molar-refractivity contribution in [1.82, 2.24) is 0 Å². The van der Waals surface area contributed by atoms with E-state index in [-0.39, 0.29) is 0 Å². The van der Waals surface area contributed by atoms with E-state index in [2.05, 4.69) is 12.1 Å². The van der Waals surface area contributed by atoms with E-state index in [1.165, 1.54) is 0 Å². The molecule has 0 aromatic heterocycles. The minimum absolute atomic E-state index is 0.628. The first kappa shape index (κ1) is 20.2. The molecule has 0 radical (unpaired) electrons. The summed E-state index contributed by atoms with van der Waals surface area (Å²) in [5.41, 5.74) is 4.37. The minimum atomic E-state index is -3.12. The number of hydrogen-bond donors (Lipinski definition) is 0. The molecule has 3 aromatic carbocycles. The van der Waals surface area contributed by atoms with Crippen molar-refractivity contribution in [2.24, 2.45) is 0 Å². The summed E-state index contributed by atoms with van der Waals surface area (Å²) < 4.78 is 25.8. The fraction of sp³-hybridized carbons (Fsp3) is 0.250. The van der Waals surface area contributed by atoms with E-state index in [4.69, 9.17) is 9.47 Å². The molecule has 0 aliphatic heterocycles. The van der Waals surface area contributed by atoms with Crippen molar-refractivity contribution in [1.29, 1.82) is 0 Å². The summed E-state index contributed by atoms with van der Waals surface area (Å²) in [7, 11) is 0.0920. The van der Waals surface area contributed by atoms with Crippen molar-refractivity contribution in [3.8, 4) is 11.5 Å². The fourth-order valence-electron chi connectivity index (χ4n) is 3.69. The van der Waals surface area contributed by atoms with E-state index >= 15 is 0 Å². The predicted octanol–water partition coefficient (Wildman–Crippen LogP) is 4.58. The molecule has 4 heteroatoms. The molecule has 0 N–H and O–H groups in total. The molecule has 0 spiro atoms. The van der Waals surface area contributed by atoms with E-state index in [1.807, 2.05) is 64.1 Å². The van der Waals surface area contributed by atoms with E-state index in [0.717, 1.165) is 32.9 Å². The van der Waals surface area contributed by atoms with Gasteiger partial charge in [-0.15, -0.1) is 0 Å². The molecule has 0 unspecified atom stereocenters. The summed E-state index contributed by atoms with van der Waals surface area (Å²) in [6.07, 6.45) is 0. The van der Waals surface area contributed by atoms with Crippen molar-refractivity contribution in [3.05, 3.63) is 76.9 Å². The Bertz CT molecular complexity index is 951. The van der Waals surface area contributed by atoms with Gasteiger partial charge in [0.05, 0.1) is 14.2 Å². The van der Waals surface area contributed by atoms with Gasteiger partial charge in [-0.2, -0.15) is 0 Å². The quantitative estimate of drug-likeness (QED) is 0.595. The number of ether oxygens (including phenoxy) is 2. The van der Waals surface area contributed by atoms with Crippen LogP contribution in [0.2, 0.25) is 0 Å². The van der Waals surface area contributed by atoms with Gasteiger partial charge in [0.2, 0.25) is 0 Å². The lowest BCUT2D eigenvalue weighted by molar-refractivity contribution is 0.395. The van der Waals surface area contributed by atoms with Gasteiger partial charge in [0.1, 0.15) is 11.5 Å². The minimum Gasteiger partial charge on any atom is -0.497 e. The van der Waals surface area contributed by atoms with Gasteiger partial charge < -0.3 is 14.0 Å². The normalized spacial score (nSPS) is 11.4. The summed E-state index contributed by atoms with van der Waals surface area (Å²) in [6, 6.07) is 17.8. The molecule has 3 aromatic rings. The molecule has 0 bridgehead atoms. The number of benzene rings is 3. The number of methoxy groups -OCH3 is 2. The van der Waals surface area contributed by atoms with Crippen LogP contribution in [0.5, 0.6) is 11.5 Å². The van der Waals surface area contributed by atoms with Crippen molar-refractivity contribution >= 4 is 23.1 Å². The molecule has 0 saturated carbocycles. The summed E-state index contributed by atoms with van der Waals surface area (Å²) in [6.45, 7) is 8.14. The zero-order valence-corrected chi connectivity index (χ0v) is 18.3. The van der Waals surface area contributed by atoms with Gasteiger partial charge in [0, 0.05) is 22.0 Å². The largest absolute Gasteiger partial charge is 0.497 e. The summed E-state index contributed by atoms with van der Waals surface area (Å²) in [4.78, 5) is 0. The van der Waals surface area contributed by atoms with Crippen LogP contribution in [-0.2, 0) is 4.57 Å². The van der Waals surface area contributed by atoms with Gasteiger partial charge >= 0.3 is 0 Å². The van der Waals surface area contributed by atoms with Gasteiger partial charge in [-0.1, -0.05) is 34.4 Å². The molecule has 0 aliphatic carbocycles. The van der Waals surface area contributed by atoms with Crippen LogP contribution < -0.4 is 25.4 Å². The van der Waals surface area contributed by atoms with Crippen molar-refractivity contribution in [3.63, 3.8) is 0 Å². The van der Waals surface area contributed by atoms with E-state index in [1.54, 1.807) is 20.3 Å². The first-order valence-corrected chi connectivity index (χ1v) is 11.0. The average molecular weight is 394 g/mol. The fourth-order valence-corrected chi connectivity index (χ4v) is 6.74. The summed E-state index contributed by atoms with van der Waals surface area (Å²) in [5, 5.41) is 2.36. The van der Waals surface area contributed by atoms with E-state index in [0.29, 0.717) is 16.8 Å². The Morgan fingerprint density at radius 1 is 0.536 bits per heavy atom. The number of hydrogen-bond acceptors (Lipinski definition) is 3. The lowest BCUT2D eigenvalue weighted by Crippen LogP contribution is -2.26. The lowest BCUT2D eigenvalue weighted by Gasteiger charge is -2.23. The highest BCUT2D eigenvalue weighted by molar-refractivity contribution is 7.85. The van der Waals surface area contributed by atoms with Crippen LogP contribution in [0.25, 0.3) is 0 Å². The molecular weight excluding hydrogens is 367 g/mol. The zero-order valence-electron chi connectivity index (χ0n) is 17.4. The number of rotatable bonds is 5. The maximum absolute atomic E-state index is 14.9. The van der Waals surface area contributed by atoms with Gasteiger partial charge in [-0.05, 0) is 64.1 Å².